The fourth-order valence-electron chi connectivity index (χ4n) is 9.46. The van der Waals surface area contributed by atoms with Crippen LogP contribution in [0.3, 0.4) is 0 Å². The van der Waals surface area contributed by atoms with Crippen LogP contribution in [-0.4, -0.2) is 37.2 Å². The lowest BCUT2D eigenvalue weighted by Crippen LogP contribution is -2.30. The molecule has 0 aromatic carbocycles. The summed E-state index contributed by atoms with van der Waals surface area (Å²) in [4.78, 5) is 38.3. The van der Waals surface area contributed by atoms with Crippen LogP contribution < -0.4 is 0 Å². The Morgan fingerprint density at radius 2 is 0.506 bits per heavy atom. The minimum Gasteiger partial charge on any atom is -0.462 e. The fraction of sp³-hybridized carbons (Fsp3) is 0.693. The van der Waals surface area contributed by atoms with E-state index < -0.39 is 6.10 Å². The van der Waals surface area contributed by atoms with Crippen molar-refractivity contribution in [1.82, 2.24) is 0 Å². The Labute approximate surface area is 501 Å². The van der Waals surface area contributed by atoms with Crippen LogP contribution in [0.1, 0.15) is 316 Å². The molecule has 0 N–H and O–H groups in total. The van der Waals surface area contributed by atoms with Gasteiger partial charge in [-0.15, -0.1) is 0 Å². The van der Waals surface area contributed by atoms with E-state index in [0.717, 1.165) is 103 Å². The van der Waals surface area contributed by atoms with Crippen LogP contribution in [0.25, 0.3) is 0 Å². The monoisotopic (exact) mass is 1120 g/mol. The molecular formula is C75H126O6. The molecule has 0 aromatic rings. The Balaban J connectivity index is 4.32. The van der Waals surface area contributed by atoms with Gasteiger partial charge in [-0.25, -0.2) is 0 Å². The first kappa shape index (κ1) is 76.8. The number of ether oxygens (including phenoxy) is 3. The Kier molecular flexibility index (Phi) is 64.8. The molecule has 0 aromatic heterocycles. The summed E-state index contributed by atoms with van der Waals surface area (Å²) < 4.78 is 16.9. The van der Waals surface area contributed by atoms with Crippen molar-refractivity contribution in [3.63, 3.8) is 0 Å². The molecule has 6 heteroatoms. The topological polar surface area (TPSA) is 78.9 Å². The summed E-state index contributed by atoms with van der Waals surface area (Å²) in [5.74, 6) is -0.980. The zero-order valence-electron chi connectivity index (χ0n) is 53.0. The molecule has 0 saturated carbocycles. The Morgan fingerprint density at radius 3 is 0.827 bits per heavy atom. The summed E-state index contributed by atoms with van der Waals surface area (Å²) in [7, 11) is 0. The third kappa shape index (κ3) is 66.5. The van der Waals surface area contributed by atoms with Gasteiger partial charge in [0.05, 0.1) is 0 Å². The van der Waals surface area contributed by atoms with Gasteiger partial charge in [-0.2, -0.15) is 0 Å². The highest BCUT2D eigenvalue weighted by molar-refractivity contribution is 5.71. The second-order valence-electron chi connectivity index (χ2n) is 22.3. The second-order valence-corrected chi connectivity index (χ2v) is 22.3. The lowest BCUT2D eigenvalue weighted by molar-refractivity contribution is -0.166. The lowest BCUT2D eigenvalue weighted by atomic mass is 10.0. The van der Waals surface area contributed by atoms with Gasteiger partial charge >= 0.3 is 17.9 Å². The number of unbranched alkanes of at least 4 members (excludes halogenated alkanes) is 30. The maximum absolute atomic E-state index is 12.9. The molecule has 0 bridgehead atoms. The van der Waals surface area contributed by atoms with Crippen molar-refractivity contribution < 1.29 is 28.6 Å². The Bertz CT molecular complexity index is 1670. The van der Waals surface area contributed by atoms with Gasteiger partial charge in [-0.05, 0) is 96.3 Å². The molecular weight excluding hydrogens is 997 g/mol. The van der Waals surface area contributed by atoms with E-state index in [4.69, 9.17) is 14.2 Å². The highest BCUT2D eigenvalue weighted by atomic mass is 16.6. The SMILES string of the molecule is CC/C=C\C/C=C\C/C=C\C/C=C\C/C=C\C/C=C\CCCCCCCCCCCCC(=O)OCC(COC(=O)CC/C=C\C/C=C\C/C=C\C/C=C\CC)OC(=O)CCCCCCCCCCCCCCCCCCCCCCC. The van der Waals surface area contributed by atoms with E-state index in [2.05, 4.69) is 136 Å². The van der Waals surface area contributed by atoms with Gasteiger partial charge in [0, 0.05) is 19.3 Å². The average molecular weight is 1120 g/mol. The number of hydrogen-bond acceptors (Lipinski definition) is 6. The molecule has 0 spiro atoms. The molecule has 462 valence electrons. The van der Waals surface area contributed by atoms with E-state index in [1.54, 1.807) is 0 Å². The fourth-order valence-corrected chi connectivity index (χ4v) is 9.46. The van der Waals surface area contributed by atoms with Crippen molar-refractivity contribution in [1.29, 1.82) is 0 Å². The summed E-state index contributed by atoms with van der Waals surface area (Å²) in [5.41, 5.74) is 0. The third-order valence-electron chi connectivity index (χ3n) is 14.5. The number of esters is 3. The largest absolute Gasteiger partial charge is 0.462 e. The van der Waals surface area contributed by atoms with Crippen LogP contribution in [0.5, 0.6) is 0 Å². The van der Waals surface area contributed by atoms with E-state index in [1.165, 1.54) is 167 Å². The van der Waals surface area contributed by atoms with Gasteiger partial charge in [0.2, 0.25) is 0 Å². The minimum atomic E-state index is -0.811. The Morgan fingerprint density at radius 1 is 0.259 bits per heavy atom. The van der Waals surface area contributed by atoms with Gasteiger partial charge in [-0.3, -0.25) is 14.4 Å². The van der Waals surface area contributed by atoms with Crippen LogP contribution in [0.2, 0.25) is 0 Å². The molecule has 6 nitrogen and oxygen atoms in total. The molecule has 0 saturated heterocycles. The third-order valence-corrected chi connectivity index (χ3v) is 14.5. The Hall–Kier alpha value is -4.19. The van der Waals surface area contributed by atoms with Gasteiger partial charge in [-0.1, -0.05) is 322 Å². The smallest absolute Gasteiger partial charge is 0.306 e. The van der Waals surface area contributed by atoms with Crippen molar-refractivity contribution >= 4 is 17.9 Å². The number of hydrogen-bond donors (Lipinski definition) is 0. The van der Waals surface area contributed by atoms with Crippen LogP contribution in [-0.2, 0) is 28.6 Å². The van der Waals surface area contributed by atoms with E-state index in [1.807, 2.05) is 6.08 Å². The van der Waals surface area contributed by atoms with Crippen molar-refractivity contribution in [3.8, 4) is 0 Å². The maximum Gasteiger partial charge on any atom is 0.306 e. The minimum absolute atomic E-state index is 0.102. The van der Waals surface area contributed by atoms with Crippen LogP contribution >= 0.6 is 0 Å². The number of carbonyl (C=O) groups is 3. The molecule has 1 unspecified atom stereocenters. The predicted octanol–water partition coefficient (Wildman–Crippen LogP) is 23.6. The molecule has 0 aliphatic rings. The van der Waals surface area contributed by atoms with Gasteiger partial charge in [0.15, 0.2) is 6.10 Å². The number of allylic oxidation sites excluding steroid dienone is 20. The van der Waals surface area contributed by atoms with E-state index in [0.29, 0.717) is 19.3 Å². The molecule has 0 heterocycles. The van der Waals surface area contributed by atoms with Crippen LogP contribution in [0.15, 0.2) is 122 Å². The van der Waals surface area contributed by atoms with Crippen LogP contribution in [0, 0.1) is 0 Å². The highest BCUT2D eigenvalue weighted by Crippen LogP contribution is 2.17. The van der Waals surface area contributed by atoms with E-state index >= 15 is 0 Å². The molecule has 0 radical (unpaired) electrons. The first-order valence-electron chi connectivity index (χ1n) is 34.0. The second kappa shape index (κ2) is 68.3. The number of rotatable bonds is 61. The highest BCUT2D eigenvalue weighted by Gasteiger charge is 2.19. The molecule has 0 amide bonds. The van der Waals surface area contributed by atoms with Gasteiger partial charge in [0.25, 0.3) is 0 Å². The summed E-state index contributed by atoms with van der Waals surface area (Å²) in [5, 5.41) is 0. The average Bonchev–Trinajstić information content (AvgIpc) is 3.46. The van der Waals surface area contributed by atoms with Crippen molar-refractivity contribution in [2.75, 3.05) is 13.2 Å². The summed E-state index contributed by atoms with van der Waals surface area (Å²) in [6.45, 7) is 6.38. The van der Waals surface area contributed by atoms with Crippen molar-refractivity contribution in [2.45, 2.75) is 322 Å². The maximum atomic E-state index is 12.9. The molecule has 1 atom stereocenters. The first-order valence-corrected chi connectivity index (χ1v) is 34.0. The van der Waals surface area contributed by atoms with Gasteiger partial charge in [0.1, 0.15) is 13.2 Å². The zero-order valence-corrected chi connectivity index (χ0v) is 53.0. The molecule has 0 aliphatic heterocycles. The predicted molar refractivity (Wildman–Crippen MR) is 353 cm³/mol. The molecule has 0 fully saturated rings. The number of carbonyl (C=O) groups excluding carboxylic acids is 3. The zero-order chi connectivity index (χ0) is 58.5. The van der Waals surface area contributed by atoms with Crippen LogP contribution in [0.4, 0.5) is 0 Å². The normalized spacial score (nSPS) is 12.9. The summed E-state index contributed by atoms with van der Waals surface area (Å²) in [6.07, 6.45) is 95.2. The lowest BCUT2D eigenvalue weighted by Gasteiger charge is -2.18. The van der Waals surface area contributed by atoms with Crippen molar-refractivity contribution in [3.05, 3.63) is 122 Å². The molecule has 0 rings (SSSR count). The standard InChI is InChI=1S/C75H126O6/c1-4-7-10-13-16-19-22-25-27-29-31-33-34-35-36-37-38-39-40-42-43-45-47-50-53-56-59-62-65-68-74(77)80-71-72(70-79-73(76)67-64-61-58-55-52-49-24-21-18-15-12-9-6-3)81-75(78)69-66-63-60-57-54-51-48-46-44-41-32-30-28-26-23-20-17-14-11-8-5-2/h7,9-10,12,16,18-19,21,25,27,31,33,35-36,38-39,49,52,58,61,72H,4-6,8,11,13-15,17,20,22-24,26,28-30,32,34,37,40-48,50-51,53-57,59-60,62-71H2,1-3H3/b10-7-,12-9-,19-16-,21-18-,27-25-,33-31-,36-35-,39-38-,52-49-,61-58-. The summed E-state index contributed by atoms with van der Waals surface area (Å²) >= 11 is 0. The summed E-state index contributed by atoms with van der Waals surface area (Å²) in [6, 6.07) is 0. The first-order chi connectivity index (χ1) is 40.0. The molecule has 0 aliphatic carbocycles. The van der Waals surface area contributed by atoms with Gasteiger partial charge < -0.3 is 14.2 Å². The quantitative estimate of drug-likeness (QED) is 0.0261. The van der Waals surface area contributed by atoms with Crippen molar-refractivity contribution in [2.24, 2.45) is 0 Å². The van der Waals surface area contributed by atoms with E-state index in [-0.39, 0.29) is 37.5 Å². The van der Waals surface area contributed by atoms with E-state index in [9.17, 15) is 14.4 Å². The molecule has 81 heavy (non-hydrogen) atoms.